The zero-order chi connectivity index (χ0) is 28.8. The Labute approximate surface area is 258 Å². The maximum atomic E-state index is 12.7. The summed E-state index contributed by atoms with van der Waals surface area (Å²) in [4.78, 5) is 15.1. The highest BCUT2D eigenvalue weighted by Gasteiger charge is 2.16. The number of rotatable bonds is 9. The number of methoxy groups -OCH3 is 1. The highest BCUT2D eigenvalue weighted by atomic mass is 79.9. The van der Waals surface area contributed by atoms with E-state index < -0.39 is 0 Å². The van der Waals surface area contributed by atoms with E-state index in [9.17, 15) is 4.79 Å². The van der Waals surface area contributed by atoms with Gasteiger partial charge in [0.1, 0.15) is 6.61 Å². The number of benzene rings is 4. The first-order valence-corrected chi connectivity index (χ1v) is 14.6. The van der Waals surface area contributed by atoms with Crippen LogP contribution in [-0.2, 0) is 26.1 Å². The van der Waals surface area contributed by atoms with E-state index in [0.717, 1.165) is 37.2 Å². The third-order valence-corrected chi connectivity index (χ3v) is 8.16. The number of hydrazone groups is 1. The van der Waals surface area contributed by atoms with Crippen molar-refractivity contribution in [3.8, 4) is 11.5 Å². The van der Waals surface area contributed by atoms with Gasteiger partial charge in [-0.05, 0) is 86.6 Å². The molecule has 1 heterocycles. The van der Waals surface area contributed by atoms with E-state index in [2.05, 4.69) is 55.6 Å². The van der Waals surface area contributed by atoms with Gasteiger partial charge in [-0.2, -0.15) is 5.10 Å². The van der Waals surface area contributed by atoms with E-state index >= 15 is 0 Å². The molecule has 6 nitrogen and oxygen atoms in total. The second kappa shape index (κ2) is 13.5. The van der Waals surface area contributed by atoms with E-state index in [0.29, 0.717) is 31.6 Å². The smallest absolute Gasteiger partial charge is 0.271 e. The molecule has 0 aromatic heterocycles. The zero-order valence-corrected chi connectivity index (χ0v) is 25.5. The predicted octanol–water partition coefficient (Wildman–Crippen LogP) is 7.67. The van der Waals surface area contributed by atoms with Crippen molar-refractivity contribution < 1.29 is 14.3 Å². The van der Waals surface area contributed by atoms with Gasteiger partial charge in [-0.25, -0.2) is 5.43 Å². The predicted molar refractivity (Wildman–Crippen MR) is 167 cm³/mol. The number of nitrogens with one attached hydrogen (secondary N) is 1. The van der Waals surface area contributed by atoms with Crippen LogP contribution in [0.1, 0.15) is 38.2 Å². The third kappa shape index (κ3) is 7.49. The van der Waals surface area contributed by atoms with Crippen molar-refractivity contribution in [3.05, 3.63) is 127 Å². The Hall–Kier alpha value is -3.36. The summed E-state index contributed by atoms with van der Waals surface area (Å²) < 4.78 is 12.2. The van der Waals surface area contributed by atoms with Crippen LogP contribution < -0.4 is 14.9 Å². The number of fused-ring (bicyclic) bond motifs is 1. The fourth-order valence-corrected chi connectivity index (χ4v) is 5.57. The molecule has 210 valence electrons. The van der Waals surface area contributed by atoms with Gasteiger partial charge in [0.15, 0.2) is 11.5 Å². The molecule has 41 heavy (non-hydrogen) atoms. The minimum atomic E-state index is -0.285. The molecule has 1 amide bonds. The highest BCUT2D eigenvalue weighted by Crippen LogP contribution is 2.37. The molecule has 1 N–H and O–H groups in total. The van der Waals surface area contributed by atoms with Gasteiger partial charge in [-0.15, -0.1) is 0 Å². The average Bonchev–Trinajstić information content (AvgIpc) is 2.98. The van der Waals surface area contributed by atoms with Gasteiger partial charge in [0.2, 0.25) is 0 Å². The largest absolute Gasteiger partial charge is 0.493 e. The van der Waals surface area contributed by atoms with Crippen LogP contribution in [-0.4, -0.2) is 30.7 Å². The van der Waals surface area contributed by atoms with Crippen LogP contribution in [0, 0.1) is 0 Å². The summed E-state index contributed by atoms with van der Waals surface area (Å²) in [5.74, 6) is 0.765. The number of nitrogens with zero attached hydrogens (tertiary/aromatic N) is 2. The molecule has 1 aliphatic rings. The molecular formula is C32H28BrCl2N3O3. The van der Waals surface area contributed by atoms with Gasteiger partial charge in [0, 0.05) is 25.2 Å². The Bertz CT molecular complexity index is 1580. The second-order valence-corrected chi connectivity index (χ2v) is 11.4. The van der Waals surface area contributed by atoms with Gasteiger partial charge >= 0.3 is 0 Å². The Morgan fingerprint density at radius 1 is 1.00 bits per heavy atom. The minimum absolute atomic E-state index is 0.278. The lowest BCUT2D eigenvalue weighted by molar-refractivity contribution is 0.0955. The SMILES string of the molecule is COc1cc(/C=N\NC(=O)c2ccc(CN3CCc4ccccc4C3)cc2)cc(Br)c1OCc1ccc(Cl)c(Cl)c1. The Morgan fingerprint density at radius 3 is 2.51 bits per heavy atom. The number of carbonyl (C=O) groups is 1. The number of hydrogen-bond donors (Lipinski definition) is 1. The van der Waals surface area contributed by atoms with Crippen molar-refractivity contribution in [3.63, 3.8) is 0 Å². The van der Waals surface area contributed by atoms with E-state index in [4.69, 9.17) is 32.7 Å². The molecule has 5 rings (SSSR count). The average molecular weight is 653 g/mol. The third-order valence-electron chi connectivity index (χ3n) is 6.83. The van der Waals surface area contributed by atoms with Crippen molar-refractivity contribution in [2.45, 2.75) is 26.1 Å². The molecule has 0 saturated heterocycles. The van der Waals surface area contributed by atoms with Crippen molar-refractivity contribution in [1.29, 1.82) is 0 Å². The first-order chi connectivity index (χ1) is 19.9. The molecule has 0 bridgehead atoms. The Balaban J connectivity index is 1.16. The molecule has 1 aliphatic heterocycles. The number of hydrogen-bond acceptors (Lipinski definition) is 5. The minimum Gasteiger partial charge on any atom is -0.493 e. The maximum absolute atomic E-state index is 12.7. The lowest BCUT2D eigenvalue weighted by atomic mass is 9.99. The molecule has 0 aliphatic carbocycles. The van der Waals surface area contributed by atoms with Gasteiger partial charge in [-0.3, -0.25) is 9.69 Å². The van der Waals surface area contributed by atoms with Crippen molar-refractivity contribution >= 4 is 51.3 Å². The van der Waals surface area contributed by atoms with Crippen LogP contribution >= 0.6 is 39.1 Å². The number of ether oxygens (including phenoxy) is 2. The second-order valence-electron chi connectivity index (χ2n) is 9.70. The molecular weight excluding hydrogens is 625 g/mol. The first kappa shape index (κ1) is 29.1. The summed E-state index contributed by atoms with van der Waals surface area (Å²) in [6.45, 7) is 3.09. The quantitative estimate of drug-likeness (QED) is 0.149. The number of amides is 1. The molecule has 0 atom stereocenters. The van der Waals surface area contributed by atoms with E-state index in [1.165, 1.54) is 16.7 Å². The highest BCUT2D eigenvalue weighted by molar-refractivity contribution is 9.10. The van der Waals surface area contributed by atoms with E-state index in [1.54, 1.807) is 31.5 Å². The summed E-state index contributed by atoms with van der Waals surface area (Å²) in [6.07, 6.45) is 2.61. The number of halogens is 3. The lowest BCUT2D eigenvalue weighted by Crippen LogP contribution is -2.30. The van der Waals surface area contributed by atoms with Gasteiger partial charge in [0.25, 0.3) is 5.91 Å². The van der Waals surface area contributed by atoms with Crippen molar-refractivity contribution in [1.82, 2.24) is 10.3 Å². The molecule has 0 unspecified atom stereocenters. The summed E-state index contributed by atoms with van der Waals surface area (Å²) in [5, 5.41) is 5.09. The maximum Gasteiger partial charge on any atom is 0.271 e. The first-order valence-electron chi connectivity index (χ1n) is 13.1. The van der Waals surface area contributed by atoms with Crippen LogP contribution in [0.4, 0.5) is 0 Å². The Morgan fingerprint density at radius 2 is 1.76 bits per heavy atom. The fraction of sp³-hybridized carbons (Fsp3) is 0.188. The van der Waals surface area contributed by atoms with Crippen LogP contribution in [0.2, 0.25) is 10.0 Å². The summed E-state index contributed by atoms with van der Waals surface area (Å²) in [7, 11) is 1.56. The van der Waals surface area contributed by atoms with Gasteiger partial charge in [0.05, 0.1) is 27.8 Å². The summed E-state index contributed by atoms with van der Waals surface area (Å²) in [6, 6.07) is 25.2. The normalized spacial score (nSPS) is 13.2. The summed E-state index contributed by atoms with van der Waals surface area (Å²) in [5.41, 5.74) is 8.72. The zero-order valence-electron chi connectivity index (χ0n) is 22.4. The van der Waals surface area contributed by atoms with Gasteiger partial charge in [-0.1, -0.05) is 65.7 Å². The molecule has 4 aromatic carbocycles. The number of carbonyl (C=O) groups excluding carboxylic acids is 1. The molecule has 4 aromatic rings. The topological polar surface area (TPSA) is 63.2 Å². The molecule has 9 heteroatoms. The van der Waals surface area contributed by atoms with Crippen LogP contribution in [0.5, 0.6) is 11.5 Å². The van der Waals surface area contributed by atoms with Crippen LogP contribution in [0.15, 0.2) is 88.4 Å². The molecule has 0 radical (unpaired) electrons. The van der Waals surface area contributed by atoms with Crippen LogP contribution in [0.25, 0.3) is 0 Å². The molecule has 0 saturated carbocycles. The van der Waals surface area contributed by atoms with Gasteiger partial charge < -0.3 is 9.47 Å². The monoisotopic (exact) mass is 651 g/mol. The summed E-state index contributed by atoms with van der Waals surface area (Å²) >= 11 is 15.6. The fourth-order valence-electron chi connectivity index (χ4n) is 4.68. The standard InChI is InChI=1S/C32H28BrCl2N3O3/c1-40-30-16-23(14-27(33)31(30)41-20-22-8-11-28(34)29(35)15-22)17-36-37-32(39)25-9-6-21(7-10-25)18-38-13-12-24-4-2-3-5-26(24)19-38/h2-11,14-17H,12-13,18-20H2,1H3,(H,37,39)/b36-17-. The van der Waals surface area contributed by atoms with E-state index in [-0.39, 0.29) is 12.5 Å². The Kier molecular flexibility index (Phi) is 9.62. The van der Waals surface area contributed by atoms with Crippen molar-refractivity contribution in [2.24, 2.45) is 5.10 Å². The lowest BCUT2D eigenvalue weighted by Gasteiger charge is -2.28. The van der Waals surface area contributed by atoms with Crippen molar-refractivity contribution in [2.75, 3.05) is 13.7 Å². The molecule has 0 spiro atoms. The van der Waals surface area contributed by atoms with Crippen LogP contribution in [0.3, 0.4) is 0 Å². The van der Waals surface area contributed by atoms with E-state index in [1.807, 2.05) is 36.4 Å². The molecule has 0 fully saturated rings.